The molecule has 8 heteroatoms. The molecule has 98 valence electrons. The van der Waals surface area contributed by atoms with Gasteiger partial charge in [0.05, 0.1) is 11.8 Å². The molecule has 0 saturated carbocycles. The number of carboxylic acid groups (broad SMARTS) is 1. The molecule has 0 saturated heterocycles. The molecule has 0 bridgehead atoms. The van der Waals surface area contributed by atoms with Crippen molar-refractivity contribution in [1.82, 2.24) is 20.4 Å². The molecule has 2 rings (SSSR count). The van der Waals surface area contributed by atoms with E-state index in [1.807, 2.05) is 5.43 Å². The molecule has 0 atom stereocenters. The number of aromatic carboxylic acids is 1. The average molecular weight is 261 g/mol. The summed E-state index contributed by atoms with van der Waals surface area (Å²) in [6.07, 6.45) is 6.99. The lowest BCUT2D eigenvalue weighted by Gasteiger charge is -1.95. The Morgan fingerprint density at radius 1 is 1.16 bits per heavy atom. The van der Waals surface area contributed by atoms with Crippen molar-refractivity contribution in [1.29, 1.82) is 0 Å². The number of nitrogens with one attached hydrogen (secondary N) is 1. The number of pyridine rings is 1. The van der Waals surface area contributed by atoms with Crippen LogP contribution in [0.5, 0.6) is 0 Å². The van der Waals surface area contributed by atoms with Crippen molar-refractivity contribution < 1.29 is 14.7 Å². The van der Waals surface area contributed by atoms with Gasteiger partial charge in [-0.3, -0.25) is 20.2 Å². The smallest absolute Gasteiger partial charge is 0.356 e. The summed E-state index contributed by atoms with van der Waals surface area (Å²) in [5, 5.41) is 8.28. The highest BCUT2D eigenvalue weighted by Gasteiger charge is 2.00. The molecule has 2 aromatic rings. The molecular formula is C11H11N5O3. The fourth-order valence-electron chi connectivity index (χ4n) is 0.990. The first-order chi connectivity index (χ1) is 9.15. The molecule has 0 aromatic carbocycles. The summed E-state index contributed by atoms with van der Waals surface area (Å²) < 4.78 is 0. The number of rotatable bonds is 2. The molecule has 8 nitrogen and oxygen atoms in total. The Hall–Kier alpha value is -2.87. The summed E-state index contributed by atoms with van der Waals surface area (Å²) in [6.45, 7) is 0. The van der Waals surface area contributed by atoms with Crippen molar-refractivity contribution in [3.05, 3.63) is 54.4 Å². The molecule has 0 radical (unpaired) electrons. The van der Waals surface area contributed by atoms with Crippen LogP contribution in [0.3, 0.4) is 0 Å². The minimum absolute atomic E-state index is 0.0301. The number of aromatic nitrogens is 3. The summed E-state index contributed by atoms with van der Waals surface area (Å²) in [4.78, 5) is 31.7. The zero-order chi connectivity index (χ0) is 14.1. The standard InChI is InChI=1S/C6H7N3O.C5H4N2O2/c7-9-6(10)5-2-1-3-8-4-5;8-5(9)4-3-6-1-2-7-4/h1-4H,7H2,(H,9,10);1-3H,(H,8,9). The van der Waals surface area contributed by atoms with E-state index in [1.54, 1.807) is 18.3 Å². The van der Waals surface area contributed by atoms with Gasteiger partial charge in [-0.15, -0.1) is 0 Å². The van der Waals surface area contributed by atoms with Gasteiger partial charge in [0, 0.05) is 24.8 Å². The second kappa shape index (κ2) is 7.45. The third-order valence-electron chi connectivity index (χ3n) is 1.84. The Bertz CT molecular complexity index is 533. The normalized spacial score (nSPS) is 8.89. The van der Waals surface area contributed by atoms with Crippen molar-refractivity contribution in [2.24, 2.45) is 5.84 Å². The number of carbonyl (C=O) groups excluding carboxylic acids is 1. The van der Waals surface area contributed by atoms with Gasteiger partial charge in [0.1, 0.15) is 0 Å². The van der Waals surface area contributed by atoms with E-state index in [-0.39, 0.29) is 11.6 Å². The van der Waals surface area contributed by atoms with Crippen LogP contribution in [0.15, 0.2) is 43.1 Å². The van der Waals surface area contributed by atoms with Crippen LogP contribution >= 0.6 is 0 Å². The van der Waals surface area contributed by atoms with E-state index in [4.69, 9.17) is 10.9 Å². The topological polar surface area (TPSA) is 131 Å². The monoisotopic (exact) mass is 261 g/mol. The summed E-state index contributed by atoms with van der Waals surface area (Å²) in [6, 6.07) is 3.31. The number of hydrazine groups is 1. The van der Waals surface area contributed by atoms with E-state index >= 15 is 0 Å². The van der Waals surface area contributed by atoms with Gasteiger partial charge in [-0.1, -0.05) is 0 Å². The Morgan fingerprint density at radius 2 is 1.89 bits per heavy atom. The number of amides is 1. The van der Waals surface area contributed by atoms with E-state index in [9.17, 15) is 9.59 Å². The number of hydrogen-bond donors (Lipinski definition) is 3. The molecule has 4 N–H and O–H groups in total. The number of nitrogens with two attached hydrogens (primary N) is 1. The van der Waals surface area contributed by atoms with Crippen molar-refractivity contribution in [2.75, 3.05) is 0 Å². The maximum Gasteiger partial charge on any atom is 0.356 e. The summed E-state index contributed by atoms with van der Waals surface area (Å²) in [7, 11) is 0. The van der Waals surface area contributed by atoms with Gasteiger partial charge in [0.25, 0.3) is 5.91 Å². The van der Waals surface area contributed by atoms with Gasteiger partial charge in [-0.05, 0) is 12.1 Å². The Morgan fingerprint density at radius 3 is 2.32 bits per heavy atom. The first-order valence-electron chi connectivity index (χ1n) is 5.05. The third-order valence-corrected chi connectivity index (χ3v) is 1.84. The molecule has 1 amide bonds. The molecule has 2 heterocycles. The number of carboxylic acids is 1. The van der Waals surface area contributed by atoms with Crippen LogP contribution in [0.4, 0.5) is 0 Å². The van der Waals surface area contributed by atoms with Gasteiger partial charge < -0.3 is 5.11 Å². The SMILES string of the molecule is NNC(=O)c1cccnc1.O=C(O)c1cnccn1. The number of nitrogens with zero attached hydrogens (tertiary/aromatic N) is 3. The Balaban J connectivity index is 0.000000191. The lowest BCUT2D eigenvalue weighted by molar-refractivity contribution is 0.0689. The quantitative estimate of drug-likeness (QED) is 0.389. The van der Waals surface area contributed by atoms with Crippen LogP contribution in [0, 0.1) is 0 Å². The van der Waals surface area contributed by atoms with Gasteiger partial charge >= 0.3 is 5.97 Å². The molecule has 2 aromatic heterocycles. The number of carbonyl (C=O) groups is 2. The van der Waals surface area contributed by atoms with Gasteiger partial charge in [0.15, 0.2) is 5.69 Å². The predicted molar refractivity (Wildman–Crippen MR) is 64.9 cm³/mol. The van der Waals surface area contributed by atoms with Crippen LogP contribution in [0.25, 0.3) is 0 Å². The summed E-state index contributed by atoms with van der Waals surface area (Å²) in [5.41, 5.74) is 2.44. The van der Waals surface area contributed by atoms with Crippen molar-refractivity contribution in [2.45, 2.75) is 0 Å². The van der Waals surface area contributed by atoms with E-state index in [0.717, 1.165) is 0 Å². The highest BCUT2D eigenvalue weighted by molar-refractivity contribution is 5.93. The number of nitrogen functional groups attached to an aromatic ring is 1. The lowest BCUT2D eigenvalue weighted by atomic mass is 10.3. The van der Waals surface area contributed by atoms with Crippen LogP contribution in [-0.2, 0) is 0 Å². The Kier molecular flexibility index (Phi) is 5.57. The first kappa shape index (κ1) is 14.2. The van der Waals surface area contributed by atoms with E-state index in [1.165, 1.54) is 24.8 Å². The van der Waals surface area contributed by atoms with Crippen LogP contribution in [-0.4, -0.2) is 31.9 Å². The number of hydrogen-bond acceptors (Lipinski definition) is 6. The van der Waals surface area contributed by atoms with Crippen molar-refractivity contribution in [3.8, 4) is 0 Å². The second-order valence-corrected chi connectivity index (χ2v) is 3.11. The Labute approximate surface area is 108 Å². The highest BCUT2D eigenvalue weighted by atomic mass is 16.4. The van der Waals surface area contributed by atoms with E-state index in [2.05, 4.69) is 15.0 Å². The van der Waals surface area contributed by atoms with Gasteiger partial charge in [-0.2, -0.15) is 0 Å². The lowest BCUT2D eigenvalue weighted by Crippen LogP contribution is -2.29. The molecule has 0 aliphatic carbocycles. The fourth-order valence-corrected chi connectivity index (χ4v) is 0.990. The largest absolute Gasteiger partial charge is 0.476 e. The third kappa shape index (κ3) is 4.88. The zero-order valence-corrected chi connectivity index (χ0v) is 9.72. The zero-order valence-electron chi connectivity index (χ0n) is 9.72. The van der Waals surface area contributed by atoms with Gasteiger partial charge in [0.2, 0.25) is 0 Å². The average Bonchev–Trinajstić information content (AvgIpc) is 2.49. The molecule has 19 heavy (non-hydrogen) atoms. The van der Waals surface area contributed by atoms with Crippen LogP contribution in [0.2, 0.25) is 0 Å². The molecule has 0 spiro atoms. The summed E-state index contributed by atoms with van der Waals surface area (Å²) in [5.74, 6) is 3.50. The van der Waals surface area contributed by atoms with Crippen LogP contribution < -0.4 is 11.3 Å². The van der Waals surface area contributed by atoms with E-state index in [0.29, 0.717) is 5.56 Å². The molecule has 0 fully saturated rings. The molecule has 0 unspecified atom stereocenters. The van der Waals surface area contributed by atoms with Gasteiger partial charge in [-0.25, -0.2) is 15.6 Å². The highest BCUT2D eigenvalue weighted by Crippen LogP contribution is 1.92. The minimum atomic E-state index is -1.05. The maximum atomic E-state index is 10.7. The predicted octanol–water partition coefficient (Wildman–Crippen LogP) is -0.140. The minimum Gasteiger partial charge on any atom is -0.476 e. The molecule has 0 aliphatic rings. The van der Waals surface area contributed by atoms with Crippen LogP contribution in [0.1, 0.15) is 20.8 Å². The van der Waals surface area contributed by atoms with Crippen molar-refractivity contribution in [3.63, 3.8) is 0 Å². The summed E-state index contributed by atoms with van der Waals surface area (Å²) >= 11 is 0. The van der Waals surface area contributed by atoms with E-state index < -0.39 is 5.97 Å². The fraction of sp³-hybridized carbons (Fsp3) is 0. The first-order valence-corrected chi connectivity index (χ1v) is 5.05. The maximum absolute atomic E-state index is 10.7. The molecular weight excluding hydrogens is 250 g/mol. The van der Waals surface area contributed by atoms with Crippen molar-refractivity contribution >= 4 is 11.9 Å². The molecule has 0 aliphatic heterocycles. The second-order valence-electron chi connectivity index (χ2n) is 3.11.